The van der Waals surface area contributed by atoms with Gasteiger partial charge in [0.25, 0.3) is 0 Å². The molecule has 2 atom stereocenters. The van der Waals surface area contributed by atoms with Gasteiger partial charge in [0.15, 0.2) is 0 Å². The van der Waals surface area contributed by atoms with Crippen LogP contribution in [0.1, 0.15) is 44.4 Å². The monoisotopic (exact) mass is 274 g/mol. The third kappa shape index (κ3) is 4.26. The Kier molecular flexibility index (Phi) is 4.97. The number of carbonyl (C=O) groups is 1. The molecule has 0 aromatic heterocycles. The fourth-order valence-corrected chi connectivity index (χ4v) is 1.47. The number of hydrogen-bond donors (Lipinski definition) is 0. The summed E-state index contributed by atoms with van der Waals surface area (Å²) in [7, 11) is 0. The van der Waals surface area contributed by atoms with Crippen LogP contribution in [0.25, 0.3) is 0 Å². The molecule has 5 heteroatoms. The van der Waals surface area contributed by atoms with Crippen LogP contribution in [0.5, 0.6) is 0 Å². The molecule has 0 aliphatic carbocycles. The molecular weight excluding hydrogens is 257 g/mol. The van der Waals surface area contributed by atoms with E-state index in [9.17, 15) is 18.0 Å². The van der Waals surface area contributed by atoms with Crippen LogP contribution >= 0.6 is 0 Å². The summed E-state index contributed by atoms with van der Waals surface area (Å²) in [4.78, 5) is 11.6. The maximum absolute atomic E-state index is 12.4. The van der Waals surface area contributed by atoms with E-state index in [1.165, 1.54) is 12.1 Å². The van der Waals surface area contributed by atoms with Crippen LogP contribution in [-0.2, 0) is 15.7 Å². The second kappa shape index (κ2) is 6.08. The molecule has 0 amide bonds. The van der Waals surface area contributed by atoms with Gasteiger partial charge in [-0.1, -0.05) is 26.0 Å². The highest BCUT2D eigenvalue weighted by Gasteiger charge is 2.30. The van der Waals surface area contributed by atoms with Crippen LogP contribution < -0.4 is 0 Å². The average Bonchev–Trinajstić information content (AvgIpc) is 2.36. The van der Waals surface area contributed by atoms with Gasteiger partial charge in [-0.15, -0.1) is 0 Å². The molecule has 0 radical (unpaired) electrons. The van der Waals surface area contributed by atoms with Crippen LogP contribution in [0, 0.1) is 5.92 Å². The van der Waals surface area contributed by atoms with E-state index in [2.05, 4.69) is 0 Å². The van der Waals surface area contributed by atoms with Crippen molar-refractivity contribution >= 4 is 5.97 Å². The topological polar surface area (TPSA) is 26.3 Å². The first-order chi connectivity index (χ1) is 8.75. The predicted octanol–water partition coefficient (Wildman–Crippen LogP) is 4.36. The van der Waals surface area contributed by atoms with Gasteiger partial charge in [-0.25, -0.2) is 0 Å². The molecule has 1 aromatic rings. The number of hydrogen-bond acceptors (Lipinski definition) is 2. The molecular formula is C14H17F3O2. The summed E-state index contributed by atoms with van der Waals surface area (Å²) in [5.74, 6) is -0.549. The van der Waals surface area contributed by atoms with Gasteiger partial charge in [-0.05, 0) is 31.0 Å². The Bertz CT molecular complexity index is 423. The van der Waals surface area contributed by atoms with E-state index in [0.29, 0.717) is 12.0 Å². The molecule has 0 saturated heterocycles. The van der Waals surface area contributed by atoms with E-state index in [1.54, 1.807) is 13.8 Å². The highest BCUT2D eigenvalue weighted by Crippen LogP contribution is 2.30. The Morgan fingerprint density at radius 3 is 2.16 bits per heavy atom. The number of rotatable bonds is 4. The summed E-state index contributed by atoms with van der Waals surface area (Å²) < 4.78 is 42.4. The minimum absolute atomic E-state index is 0.211. The average molecular weight is 274 g/mol. The van der Waals surface area contributed by atoms with Gasteiger partial charge in [-0.3, -0.25) is 4.79 Å². The first-order valence-electron chi connectivity index (χ1n) is 6.13. The van der Waals surface area contributed by atoms with Gasteiger partial charge >= 0.3 is 12.1 Å². The van der Waals surface area contributed by atoms with Crippen molar-refractivity contribution in [2.75, 3.05) is 0 Å². The number of carbonyl (C=O) groups excluding carboxylic acids is 1. The second-order valence-electron chi connectivity index (χ2n) is 4.51. The number of benzene rings is 1. The lowest BCUT2D eigenvalue weighted by molar-refractivity contribution is -0.153. The summed E-state index contributed by atoms with van der Waals surface area (Å²) in [6.07, 6.45) is -4.24. The molecule has 2 unspecified atom stereocenters. The van der Waals surface area contributed by atoms with E-state index < -0.39 is 17.8 Å². The zero-order valence-corrected chi connectivity index (χ0v) is 11.1. The quantitative estimate of drug-likeness (QED) is 0.763. The van der Waals surface area contributed by atoms with Crippen LogP contribution in [0.2, 0.25) is 0 Å². The summed E-state index contributed by atoms with van der Waals surface area (Å²) in [5, 5.41) is 0. The Morgan fingerprint density at radius 2 is 1.74 bits per heavy atom. The van der Waals surface area contributed by atoms with Crippen molar-refractivity contribution in [3.63, 3.8) is 0 Å². The van der Waals surface area contributed by atoms with E-state index in [1.807, 2.05) is 6.92 Å². The lowest BCUT2D eigenvalue weighted by atomic mass is 10.1. The highest BCUT2D eigenvalue weighted by molar-refractivity contribution is 5.72. The molecule has 0 bridgehead atoms. The number of ether oxygens (including phenoxy) is 1. The van der Waals surface area contributed by atoms with Crippen LogP contribution in [0.3, 0.4) is 0 Å². The van der Waals surface area contributed by atoms with Gasteiger partial charge in [0.05, 0.1) is 11.5 Å². The Morgan fingerprint density at radius 1 is 1.21 bits per heavy atom. The van der Waals surface area contributed by atoms with Crippen molar-refractivity contribution in [3.8, 4) is 0 Å². The van der Waals surface area contributed by atoms with Crippen molar-refractivity contribution in [2.24, 2.45) is 5.92 Å². The molecule has 0 spiro atoms. The van der Waals surface area contributed by atoms with Gasteiger partial charge in [-0.2, -0.15) is 13.2 Å². The van der Waals surface area contributed by atoms with E-state index in [-0.39, 0.29) is 11.9 Å². The lowest BCUT2D eigenvalue weighted by Gasteiger charge is -2.17. The zero-order valence-electron chi connectivity index (χ0n) is 11.1. The van der Waals surface area contributed by atoms with Crippen molar-refractivity contribution in [2.45, 2.75) is 39.5 Å². The van der Waals surface area contributed by atoms with Crippen molar-refractivity contribution in [1.29, 1.82) is 0 Å². The van der Waals surface area contributed by atoms with E-state index in [4.69, 9.17) is 4.74 Å². The van der Waals surface area contributed by atoms with Gasteiger partial charge in [0.1, 0.15) is 6.10 Å². The molecule has 1 rings (SSSR count). The third-order valence-electron chi connectivity index (χ3n) is 3.02. The van der Waals surface area contributed by atoms with Crippen molar-refractivity contribution in [3.05, 3.63) is 35.4 Å². The van der Waals surface area contributed by atoms with E-state index in [0.717, 1.165) is 12.1 Å². The van der Waals surface area contributed by atoms with Crippen LogP contribution in [0.15, 0.2) is 24.3 Å². The molecule has 0 fully saturated rings. The summed E-state index contributed by atoms with van der Waals surface area (Å²) >= 11 is 0. The number of esters is 1. The van der Waals surface area contributed by atoms with Gasteiger partial charge in [0, 0.05) is 0 Å². The molecule has 0 aliphatic heterocycles. The fraction of sp³-hybridized carbons (Fsp3) is 0.500. The Hall–Kier alpha value is -1.52. The normalized spacial score (nSPS) is 14.8. The van der Waals surface area contributed by atoms with Gasteiger partial charge < -0.3 is 4.74 Å². The SMILES string of the molecule is CCC(C)C(=O)OC(C)c1ccc(C(F)(F)F)cc1. The molecule has 19 heavy (non-hydrogen) atoms. The first-order valence-corrected chi connectivity index (χ1v) is 6.13. The van der Waals surface area contributed by atoms with Crippen molar-refractivity contribution in [1.82, 2.24) is 0 Å². The maximum Gasteiger partial charge on any atom is 0.416 e. The minimum atomic E-state index is -4.35. The second-order valence-corrected chi connectivity index (χ2v) is 4.51. The molecule has 2 nitrogen and oxygen atoms in total. The van der Waals surface area contributed by atoms with Crippen LogP contribution in [0.4, 0.5) is 13.2 Å². The Balaban J connectivity index is 2.73. The van der Waals surface area contributed by atoms with E-state index >= 15 is 0 Å². The maximum atomic E-state index is 12.4. The summed E-state index contributed by atoms with van der Waals surface area (Å²) in [5.41, 5.74) is -0.165. The van der Waals surface area contributed by atoms with Crippen molar-refractivity contribution < 1.29 is 22.7 Å². The Labute approximate surface area is 110 Å². The number of alkyl halides is 3. The smallest absolute Gasteiger partial charge is 0.416 e. The summed E-state index contributed by atoms with van der Waals surface area (Å²) in [6.45, 7) is 5.26. The highest BCUT2D eigenvalue weighted by atomic mass is 19.4. The molecule has 0 N–H and O–H groups in total. The molecule has 106 valence electrons. The van der Waals surface area contributed by atoms with Crippen LogP contribution in [-0.4, -0.2) is 5.97 Å². The molecule has 0 heterocycles. The summed E-state index contributed by atoms with van der Waals surface area (Å²) in [6, 6.07) is 4.64. The minimum Gasteiger partial charge on any atom is -0.458 e. The first kappa shape index (κ1) is 15.5. The predicted molar refractivity (Wildman–Crippen MR) is 65.4 cm³/mol. The standard InChI is InChI=1S/C14H17F3O2/c1-4-9(2)13(18)19-10(3)11-5-7-12(8-6-11)14(15,16)17/h5-10H,4H2,1-3H3. The lowest BCUT2D eigenvalue weighted by Crippen LogP contribution is -2.16. The zero-order chi connectivity index (χ0) is 14.6. The largest absolute Gasteiger partial charge is 0.458 e. The fourth-order valence-electron chi connectivity index (χ4n) is 1.47. The number of halogens is 3. The van der Waals surface area contributed by atoms with Gasteiger partial charge in [0.2, 0.25) is 0 Å². The molecule has 0 aliphatic rings. The molecule has 1 aromatic carbocycles. The third-order valence-corrected chi connectivity index (χ3v) is 3.02. The molecule has 0 saturated carbocycles.